The van der Waals surface area contributed by atoms with Crippen molar-refractivity contribution >= 4 is 5.69 Å². The van der Waals surface area contributed by atoms with Crippen LogP contribution in [0.15, 0.2) is 18.2 Å². The predicted octanol–water partition coefficient (Wildman–Crippen LogP) is 3.43. The van der Waals surface area contributed by atoms with Gasteiger partial charge in [0, 0.05) is 37.2 Å². The van der Waals surface area contributed by atoms with Crippen LogP contribution < -0.4 is 10.6 Å². The Balaban J connectivity index is 1.85. The second-order valence-electron chi connectivity index (χ2n) is 6.19. The lowest BCUT2D eigenvalue weighted by Crippen LogP contribution is -2.43. The molecule has 0 atom stereocenters. The van der Waals surface area contributed by atoms with E-state index in [-0.39, 0.29) is 12.8 Å². The molecule has 0 unspecified atom stereocenters. The Morgan fingerprint density at radius 2 is 1.90 bits per heavy atom. The van der Waals surface area contributed by atoms with Gasteiger partial charge in [-0.15, -0.1) is 0 Å². The Labute approximate surface area is 118 Å². The second kappa shape index (κ2) is 4.69. The Kier molecular flexibility index (Phi) is 3.24. The van der Waals surface area contributed by atoms with E-state index in [0.717, 1.165) is 25.1 Å². The molecule has 0 spiro atoms. The van der Waals surface area contributed by atoms with Gasteiger partial charge in [-0.3, -0.25) is 0 Å². The van der Waals surface area contributed by atoms with Crippen molar-refractivity contribution in [2.45, 2.75) is 50.5 Å². The van der Waals surface area contributed by atoms with Crippen molar-refractivity contribution < 1.29 is 8.78 Å². The fourth-order valence-electron chi connectivity index (χ4n) is 3.46. The molecule has 0 radical (unpaired) electrons. The number of nitrogens with two attached hydrogens (primary N) is 1. The maximum absolute atomic E-state index is 13.3. The van der Waals surface area contributed by atoms with Crippen molar-refractivity contribution in [3.05, 3.63) is 29.3 Å². The van der Waals surface area contributed by atoms with Gasteiger partial charge in [-0.25, -0.2) is 8.78 Å². The Morgan fingerprint density at radius 1 is 1.20 bits per heavy atom. The normalized spacial score (nSPS) is 23.7. The average Bonchev–Trinajstić information content (AvgIpc) is 2.84. The minimum atomic E-state index is -2.53. The molecule has 1 heterocycles. The summed E-state index contributed by atoms with van der Waals surface area (Å²) in [4.78, 5) is 2.34. The van der Waals surface area contributed by atoms with E-state index < -0.39 is 11.5 Å². The Bertz CT molecular complexity index is 503. The van der Waals surface area contributed by atoms with Crippen LogP contribution in [0, 0.1) is 0 Å². The molecule has 1 saturated carbocycles. The summed E-state index contributed by atoms with van der Waals surface area (Å²) < 4.78 is 26.6. The maximum atomic E-state index is 13.3. The lowest BCUT2D eigenvalue weighted by atomic mass is 9.75. The first kappa shape index (κ1) is 13.8. The van der Waals surface area contributed by atoms with Crippen LogP contribution in [0.3, 0.4) is 0 Å². The first-order valence-electron chi connectivity index (χ1n) is 7.49. The largest absolute Gasteiger partial charge is 0.371 e. The standard InChI is InChI=1S/C16H22F2N2/c1-2-20-10-5-12-11-13(3-4-14(12)20)15(19)6-8-16(17,18)9-7-15/h3-4,11H,2,5-10,19H2,1H3. The van der Waals surface area contributed by atoms with Crippen LogP contribution in [-0.4, -0.2) is 19.0 Å². The number of fused-ring (bicyclic) bond motifs is 1. The van der Waals surface area contributed by atoms with Crippen LogP contribution >= 0.6 is 0 Å². The summed E-state index contributed by atoms with van der Waals surface area (Å²) in [6, 6.07) is 6.30. The molecule has 1 aromatic carbocycles. The number of hydrogen-bond acceptors (Lipinski definition) is 2. The number of nitrogens with zero attached hydrogens (tertiary/aromatic N) is 1. The lowest BCUT2D eigenvalue weighted by Gasteiger charge is -2.37. The van der Waals surface area contributed by atoms with E-state index >= 15 is 0 Å². The molecule has 1 fully saturated rings. The van der Waals surface area contributed by atoms with Crippen molar-refractivity contribution in [1.29, 1.82) is 0 Å². The van der Waals surface area contributed by atoms with Gasteiger partial charge in [-0.1, -0.05) is 12.1 Å². The molecule has 2 aliphatic rings. The summed E-state index contributed by atoms with van der Waals surface area (Å²) >= 11 is 0. The third kappa shape index (κ3) is 2.30. The number of rotatable bonds is 2. The molecular formula is C16H22F2N2. The van der Waals surface area contributed by atoms with Gasteiger partial charge < -0.3 is 10.6 Å². The van der Waals surface area contributed by atoms with Gasteiger partial charge >= 0.3 is 0 Å². The minimum Gasteiger partial charge on any atom is -0.371 e. The summed E-state index contributed by atoms with van der Waals surface area (Å²) in [5.41, 5.74) is 9.47. The van der Waals surface area contributed by atoms with Gasteiger partial charge in [0.1, 0.15) is 0 Å². The molecule has 3 rings (SSSR count). The zero-order chi connectivity index (χ0) is 14.4. The molecule has 110 valence electrons. The Morgan fingerprint density at radius 3 is 2.55 bits per heavy atom. The molecule has 0 amide bonds. The smallest absolute Gasteiger partial charge is 0.248 e. The average molecular weight is 280 g/mol. The van der Waals surface area contributed by atoms with Gasteiger partial charge in [0.2, 0.25) is 5.92 Å². The molecule has 2 nitrogen and oxygen atoms in total. The molecule has 20 heavy (non-hydrogen) atoms. The second-order valence-corrected chi connectivity index (χ2v) is 6.19. The number of likely N-dealkylation sites (N-methyl/N-ethyl adjacent to an activating group) is 1. The van der Waals surface area contributed by atoms with Crippen molar-refractivity contribution in [2.75, 3.05) is 18.0 Å². The highest BCUT2D eigenvalue weighted by Crippen LogP contribution is 2.43. The van der Waals surface area contributed by atoms with Crippen molar-refractivity contribution in [3.8, 4) is 0 Å². The predicted molar refractivity (Wildman–Crippen MR) is 77.3 cm³/mol. The van der Waals surface area contributed by atoms with Crippen molar-refractivity contribution in [2.24, 2.45) is 5.73 Å². The molecule has 2 N–H and O–H groups in total. The van der Waals surface area contributed by atoms with Crippen LogP contribution in [0.1, 0.15) is 43.7 Å². The first-order chi connectivity index (χ1) is 9.43. The van der Waals surface area contributed by atoms with E-state index in [4.69, 9.17) is 5.73 Å². The highest BCUT2D eigenvalue weighted by atomic mass is 19.3. The number of alkyl halides is 2. The summed E-state index contributed by atoms with van der Waals surface area (Å²) in [5, 5.41) is 0. The van der Waals surface area contributed by atoms with Crippen LogP contribution in [-0.2, 0) is 12.0 Å². The van der Waals surface area contributed by atoms with E-state index in [9.17, 15) is 8.78 Å². The lowest BCUT2D eigenvalue weighted by molar-refractivity contribution is -0.0514. The van der Waals surface area contributed by atoms with Crippen LogP contribution in [0.4, 0.5) is 14.5 Å². The molecule has 1 aromatic rings. The fraction of sp³-hybridized carbons (Fsp3) is 0.625. The summed E-state index contributed by atoms with van der Waals surface area (Å²) in [5.74, 6) is -2.53. The highest BCUT2D eigenvalue weighted by molar-refractivity contribution is 5.59. The zero-order valence-electron chi connectivity index (χ0n) is 12.0. The Hall–Kier alpha value is -1.16. The number of anilines is 1. The molecule has 4 heteroatoms. The van der Waals surface area contributed by atoms with Gasteiger partial charge in [0.25, 0.3) is 0 Å². The van der Waals surface area contributed by atoms with E-state index in [1.54, 1.807) is 0 Å². The van der Waals surface area contributed by atoms with E-state index in [2.05, 4.69) is 24.0 Å². The summed E-state index contributed by atoms with van der Waals surface area (Å²) in [6.45, 7) is 4.20. The molecule has 0 saturated heterocycles. The quantitative estimate of drug-likeness (QED) is 0.899. The third-order valence-corrected chi connectivity index (χ3v) is 4.90. The minimum absolute atomic E-state index is 0.0956. The van der Waals surface area contributed by atoms with E-state index in [0.29, 0.717) is 12.8 Å². The molecule has 0 bridgehead atoms. The fourth-order valence-corrected chi connectivity index (χ4v) is 3.46. The van der Waals surface area contributed by atoms with Gasteiger partial charge in [0.05, 0.1) is 0 Å². The number of hydrogen-bond donors (Lipinski definition) is 1. The third-order valence-electron chi connectivity index (χ3n) is 4.90. The molecular weight excluding hydrogens is 258 g/mol. The topological polar surface area (TPSA) is 29.3 Å². The monoisotopic (exact) mass is 280 g/mol. The summed E-state index contributed by atoms with van der Waals surface area (Å²) in [7, 11) is 0. The number of benzene rings is 1. The van der Waals surface area contributed by atoms with Gasteiger partial charge in [-0.2, -0.15) is 0 Å². The summed E-state index contributed by atoms with van der Waals surface area (Å²) in [6.07, 6.45) is 1.58. The van der Waals surface area contributed by atoms with Gasteiger partial charge in [-0.05, 0) is 43.4 Å². The van der Waals surface area contributed by atoms with E-state index in [1.807, 2.05) is 6.07 Å². The SMILES string of the molecule is CCN1CCc2cc(C3(N)CCC(F)(F)CC3)ccc21. The van der Waals surface area contributed by atoms with Gasteiger partial charge in [0.15, 0.2) is 0 Å². The molecule has 1 aliphatic carbocycles. The van der Waals surface area contributed by atoms with Crippen molar-refractivity contribution in [3.63, 3.8) is 0 Å². The van der Waals surface area contributed by atoms with E-state index in [1.165, 1.54) is 11.3 Å². The molecule has 0 aromatic heterocycles. The molecule has 1 aliphatic heterocycles. The highest BCUT2D eigenvalue weighted by Gasteiger charge is 2.42. The van der Waals surface area contributed by atoms with Crippen molar-refractivity contribution in [1.82, 2.24) is 0 Å². The number of halogens is 2. The van der Waals surface area contributed by atoms with Crippen LogP contribution in [0.25, 0.3) is 0 Å². The maximum Gasteiger partial charge on any atom is 0.248 e. The zero-order valence-corrected chi connectivity index (χ0v) is 12.0. The van der Waals surface area contributed by atoms with Crippen LogP contribution in [0.2, 0.25) is 0 Å². The first-order valence-corrected chi connectivity index (χ1v) is 7.49. The van der Waals surface area contributed by atoms with Crippen LogP contribution in [0.5, 0.6) is 0 Å².